The molecule has 1 aliphatic heterocycles. The van der Waals surface area contributed by atoms with Gasteiger partial charge in [0.2, 0.25) is 0 Å². The molecular weight excluding hydrogens is 128 g/mol. The zero-order valence-corrected chi connectivity index (χ0v) is 5.53. The van der Waals surface area contributed by atoms with E-state index in [2.05, 4.69) is 0 Å². The maximum Gasteiger partial charge on any atom is 0.270 e. The van der Waals surface area contributed by atoms with Crippen LogP contribution in [-0.2, 0) is 6.54 Å². The third kappa shape index (κ3) is 0.635. The second-order valence-electron chi connectivity index (χ2n) is 2.34. The average molecular weight is 136 g/mol. The van der Waals surface area contributed by atoms with E-state index >= 15 is 0 Å². The molecule has 52 valence electrons. The number of hydrogen-bond acceptors (Lipinski definition) is 1. The third-order valence-corrected chi connectivity index (χ3v) is 1.66. The molecule has 3 heteroatoms. The minimum absolute atomic E-state index is 0.0518. The number of hydrogen-bond donors (Lipinski definition) is 0. The smallest absolute Gasteiger partial charge is 0.270 e. The molecule has 0 amide bonds. The van der Waals surface area contributed by atoms with Crippen LogP contribution in [0.25, 0.3) is 6.20 Å². The summed E-state index contributed by atoms with van der Waals surface area (Å²) in [6.07, 6.45) is 6.65. The Balaban J connectivity index is 2.68. The average Bonchev–Trinajstić information content (AvgIpc) is 2.34. The zero-order valence-electron chi connectivity index (χ0n) is 5.53. The van der Waals surface area contributed by atoms with Crippen molar-refractivity contribution in [3.63, 3.8) is 0 Å². The van der Waals surface area contributed by atoms with Crippen LogP contribution >= 0.6 is 0 Å². The van der Waals surface area contributed by atoms with Crippen LogP contribution < -0.4 is 5.56 Å². The Morgan fingerprint density at radius 3 is 3.20 bits per heavy atom. The highest BCUT2D eigenvalue weighted by molar-refractivity contribution is 5.22. The first kappa shape index (κ1) is 5.53. The summed E-state index contributed by atoms with van der Waals surface area (Å²) in [5.74, 6) is 0. The van der Waals surface area contributed by atoms with Crippen LogP contribution in [0.1, 0.15) is 6.42 Å². The lowest BCUT2D eigenvalue weighted by atomic mass is 10.4. The summed E-state index contributed by atoms with van der Waals surface area (Å²) < 4.78 is 3.52. The monoisotopic (exact) mass is 136 g/mol. The maximum atomic E-state index is 11.0. The van der Waals surface area contributed by atoms with Gasteiger partial charge in [0.1, 0.15) is 0 Å². The topological polar surface area (TPSA) is 26.9 Å². The summed E-state index contributed by atoms with van der Waals surface area (Å²) >= 11 is 0. The largest absolute Gasteiger partial charge is 0.285 e. The Morgan fingerprint density at radius 2 is 2.40 bits per heavy atom. The van der Waals surface area contributed by atoms with Crippen LogP contribution in [0, 0.1) is 0 Å². The highest BCUT2D eigenvalue weighted by atomic mass is 16.1. The van der Waals surface area contributed by atoms with Crippen LogP contribution in [-0.4, -0.2) is 9.36 Å². The molecule has 0 fully saturated rings. The van der Waals surface area contributed by atoms with Crippen molar-refractivity contribution in [3.8, 4) is 0 Å². The first-order chi connectivity index (χ1) is 4.88. The predicted octanol–water partition coefficient (Wildman–Crippen LogP) is 0.524. The minimum atomic E-state index is 0.0518. The summed E-state index contributed by atoms with van der Waals surface area (Å²) in [5, 5.41) is 0. The quantitative estimate of drug-likeness (QED) is 0.511. The molecule has 1 aromatic rings. The molecule has 3 nitrogen and oxygen atoms in total. The third-order valence-electron chi connectivity index (χ3n) is 1.66. The summed E-state index contributed by atoms with van der Waals surface area (Å²) in [7, 11) is 0. The number of fused-ring (bicyclic) bond motifs is 1. The molecule has 1 aliphatic rings. The molecular formula is C7H8N2O. The molecule has 10 heavy (non-hydrogen) atoms. The van der Waals surface area contributed by atoms with Crippen molar-refractivity contribution < 1.29 is 0 Å². The Bertz CT molecular complexity index is 319. The van der Waals surface area contributed by atoms with E-state index in [-0.39, 0.29) is 5.56 Å². The lowest BCUT2D eigenvalue weighted by molar-refractivity contribution is 0.548. The zero-order chi connectivity index (χ0) is 6.97. The van der Waals surface area contributed by atoms with Crippen LogP contribution in [0.4, 0.5) is 0 Å². The van der Waals surface area contributed by atoms with Crippen molar-refractivity contribution in [1.29, 1.82) is 0 Å². The fourth-order valence-corrected chi connectivity index (χ4v) is 1.15. The van der Waals surface area contributed by atoms with E-state index in [9.17, 15) is 4.79 Å². The van der Waals surface area contributed by atoms with Crippen LogP contribution in [0.15, 0.2) is 23.1 Å². The first-order valence-corrected chi connectivity index (χ1v) is 3.32. The molecule has 2 heterocycles. The molecule has 0 saturated carbocycles. The summed E-state index contributed by atoms with van der Waals surface area (Å²) in [5.41, 5.74) is 0.0518. The molecule has 0 spiro atoms. The van der Waals surface area contributed by atoms with Gasteiger partial charge in [-0.25, -0.2) is 4.68 Å². The van der Waals surface area contributed by atoms with Crippen LogP contribution in [0.2, 0.25) is 0 Å². The van der Waals surface area contributed by atoms with E-state index in [0.717, 1.165) is 13.0 Å². The second kappa shape index (κ2) is 1.87. The van der Waals surface area contributed by atoms with Crippen LogP contribution in [0.5, 0.6) is 0 Å². The van der Waals surface area contributed by atoms with E-state index in [1.807, 2.05) is 23.2 Å². The lowest BCUT2D eigenvalue weighted by Gasteiger charge is -2.09. The number of allylic oxidation sites excluding steroid dienone is 1. The fourth-order valence-electron chi connectivity index (χ4n) is 1.15. The molecule has 0 bridgehead atoms. The molecule has 0 unspecified atom stereocenters. The number of aryl methyl sites for hydroxylation is 1. The van der Waals surface area contributed by atoms with E-state index < -0.39 is 0 Å². The van der Waals surface area contributed by atoms with Gasteiger partial charge in [-0.3, -0.25) is 9.48 Å². The molecule has 0 aromatic carbocycles. The Hall–Kier alpha value is -1.25. The molecule has 2 rings (SSSR count). The van der Waals surface area contributed by atoms with Crippen molar-refractivity contribution in [1.82, 2.24) is 9.36 Å². The first-order valence-electron chi connectivity index (χ1n) is 3.32. The molecule has 1 aromatic heterocycles. The van der Waals surface area contributed by atoms with Gasteiger partial charge in [0, 0.05) is 25.0 Å². The van der Waals surface area contributed by atoms with Gasteiger partial charge in [-0.2, -0.15) is 0 Å². The molecule has 0 atom stereocenters. The van der Waals surface area contributed by atoms with Crippen molar-refractivity contribution in [3.05, 3.63) is 28.7 Å². The van der Waals surface area contributed by atoms with Gasteiger partial charge in [0.05, 0.1) is 0 Å². The van der Waals surface area contributed by atoms with Gasteiger partial charge in [-0.1, -0.05) is 6.08 Å². The van der Waals surface area contributed by atoms with Crippen molar-refractivity contribution >= 4 is 6.20 Å². The SMILES string of the molecule is O=c1ccn2n1C=CCC2. The number of rotatable bonds is 0. The molecule has 0 N–H and O–H groups in total. The van der Waals surface area contributed by atoms with Gasteiger partial charge < -0.3 is 0 Å². The summed E-state index contributed by atoms with van der Waals surface area (Å²) in [6, 6.07) is 1.58. The van der Waals surface area contributed by atoms with E-state index in [4.69, 9.17) is 0 Å². The van der Waals surface area contributed by atoms with E-state index in [0.29, 0.717) is 0 Å². The predicted molar refractivity (Wildman–Crippen MR) is 38.6 cm³/mol. The normalized spacial score (nSPS) is 15.2. The van der Waals surface area contributed by atoms with Gasteiger partial charge in [0.25, 0.3) is 5.56 Å². The molecule has 0 aliphatic carbocycles. The van der Waals surface area contributed by atoms with Crippen molar-refractivity contribution in [2.45, 2.75) is 13.0 Å². The van der Waals surface area contributed by atoms with Gasteiger partial charge in [0.15, 0.2) is 0 Å². The molecule has 0 radical (unpaired) electrons. The number of aromatic nitrogens is 2. The van der Waals surface area contributed by atoms with Crippen molar-refractivity contribution in [2.24, 2.45) is 0 Å². The maximum absolute atomic E-state index is 11.0. The Morgan fingerprint density at radius 1 is 1.50 bits per heavy atom. The lowest BCUT2D eigenvalue weighted by Crippen LogP contribution is -2.19. The van der Waals surface area contributed by atoms with Crippen LogP contribution in [0.3, 0.4) is 0 Å². The standard InChI is InChI=1S/C7H8N2O/c10-7-3-6-8-4-1-2-5-9(7)8/h2-3,5-6H,1,4H2. The Labute approximate surface area is 58.2 Å². The second-order valence-corrected chi connectivity index (χ2v) is 2.34. The van der Waals surface area contributed by atoms with E-state index in [1.54, 1.807) is 10.7 Å². The fraction of sp³-hybridized carbons (Fsp3) is 0.286. The molecule has 0 saturated heterocycles. The van der Waals surface area contributed by atoms with E-state index in [1.165, 1.54) is 0 Å². The van der Waals surface area contributed by atoms with Gasteiger partial charge in [-0.15, -0.1) is 0 Å². The highest BCUT2D eigenvalue weighted by Crippen LogP contribution is 1.99. The van der Waals surface area contributed by atoms with Crippen molar-refractivity contribution in [2.75, 3.05) is 0 Å². The summed E-state index contributed by atoms with van der Waals surface area (Å²) in [4.78, 5) is 11.0. The van der Waals surface area contributed by atoms with Gasteiger partial charge >= 0.3 is 0 Å². The minimum Gasteiger partial charge on any atom is -0.285 e. The van der Waals surface area contributed by atoms with Gasteiger partial charge in [-0.05, 0) is 6.42 Å². The Kier molecular flexibility index (Phi) is 1.03. The highest BCUT2D eigenvalue weighted by Gasteiger charge is 2.01. The number of nitrogens with zero attached hydrogens (tertiary/aromatic N) is 2. The summed E-state index contributed by atoms with van der Waals surface area (Å²) in [6.45, 7) is 0.915.